The number of unbranched alkanes of at least 4 members (excludes halogenated alkanes) is 2. The van der Waals surface area contributed by atoms with Gasteiger partial charge in [0.1, 0.15) is 11.5 Å². The Bertz CT molecular complexity index is 584. The lowest BCUT2D eigenvalue weighted by molar-refractivity contribution is 0.307. The molecule has 2 aromatic rings. The number of rotatable bonds is 8. The molecule has 4 heteroatoms. The second-order valence-electron chi connectivity index (χ2n) is 4.79. The number of hydrogen-bond donors (Lipinski definition) is 0. The predicted molar refractivity (Wildman–Crippen MR) is 90.2 cm³/mol. The molecule has 0 radical (unpaired) electrons. The Morgan fingerprint density at radius 2 is 1.86 bits per heavy atom. The second kappa shape index (κ2) is 8.35. The smallest absolute Gasteiger partial charge is 0.138 e. The SMILES string of the molecule is CCOc1ccc2c(Cl)c(OCCCCCCl)ccc2c1. The molecule has 0 aliphatic carbocycles. The van der Waals surface area contributed by atoms with Crippen molar-refractivity contribution in [2.45, 2.75) is 26.2 Å². The largest absolute Gasteiger partial charge is 0.494 e. The fraction of sp³-hybridized carbons (Fsp3) is 0.412. The minimum atomic E-state index is 0.655. The van der Waals surface area contributed by atoms with E-state index in [0.29, 0.717) is 24.1 Å². The van der Waals surface area contributed by atoms with Gasteiger partial charge >= 0.3 is 0 Å². The van der Waals surface area contributed by atoms with E-state index in [9.17, 15) is 0 Å². The first kappa shape index (κ1) is 16.3. The van der Waals surface area contributed by atoms with E-state index in [1.54, 1.807) is 0 Å². The Morgan fingerprint density at radius 3 is 2.62 bits per heavy atom. The second-order valence-corrected chi connectivity index (χ2v) is 5.55. The molecule has 2 nitrogen and oxygen atoms in total. The molecule has 2 aromatic carbocycles. The van der Waals surface area contributed by atoms with Crippen LogP contribution in [0.1, 0.15) is 26.2 Å². The average molecular weight is 327 g/mol. The molecule has 0 atom stereocenters. The minimum absolute atomic E-state index is 0.655. The molecule has 114 valence electrons. The molecule has 0 heterocycles. The van der Waals surface area contributed by atoms with Gasteiger partial charge in [0.15, 0.2) is 0 Å². The number of hydrogen-bond acceptors (Lipinski definition) is 2. The molecule has 2 rings (SSSR count). The maximum Gasteiger partial charge on any atom is 0.138 e. The molecular formula is C17H20Cl2O2. The first-order valence-electron chi connectivity index (χ1n) is 7.30. The summed E-state index contributed by atoms with van der Waals surface area (Å²) in [4.78, 5) is 0. The summed E-state index contributed by atoms with van der Waals surface area (Å²) in [5, 5.41) is 2.70. The van der Waals surface area contributed by atoms with Crippen LogP contribution in [0.25, 0.3) is 10.8 Å². The van der Waals surface area contributed by atoms with Gasteiger partial charge in [-0.05, 0) is 55.8 Å². The molecule has 0 unspecified atom stereocenters. The maximum absolute atomic E-state index is 6.42. The van der Waals surface area contributed by atoms with Crippen molar-refractivity contribution in [3.63, 3.8) is 0 Å². The summed E-state index contributed by atoms with van der Waals surface area (Å²) in [6, 6.07) is 9.83. The Balaban J connectivity index is 2.08. The van der Waals surface area contributed by atoms with Crippen LogP contribution >= 0.6 is 23.2 Å². The van der Waals surface area contributed by atoms with Crippen LogP contribution in [0, 0.1) is 0 Å². The highest BCUT2D eigenvalue weighted by molar-refractivity contribution is 6.37. The van der Waals surface area contributed by atoms with Crippen molar-refractivity contribution < 1.29 is 9.47 Å². The van der Waals surface area contributed by atoms with Crippen molar-refractivity contribution in [3.05, 3.63) is 35.4 Å². The quantitative estimate of drug-likeness (QED) is 0.459. The zero-order valence-electron chi connectivity index (χ0n) is 12.2. The van der Waals surface area contributed by atoms with E-state index < -0.39 is 0 Å². The fourth-order valence-corrected chi connectivity index (χ4v) is 2.65. The lowest BCUT2D eigenvalue weighted by atomic mass is 10.1. The van der Waals surface area contributed by atoms with Gasteiger partial charge in [-0.3, -0.25) is 0 Å². The highest BCUT2D eigenvalue weighted by atomic mass is 35.5. The van der Waals surface area contributed by atoms with Crippen molar-refractivity contribution in [2.24, 2.45) is 0 Å². The maximum atomic E-state index is 6.42. The summed E-state index contributed by atoms with van der Waals surface area (Å²) in [5.41, 5.74) is 0. The predicted octanol–water partition coefficient (Wildman–Crippen LogP) is 5.68. The Hall–Kier alpha value is -1.12. The molecule has 0 spiro atoms. The normalized spacial score (nSPS) is 10.8. The molecule has 0 aromatic heterocycles. The van der Waals surface area contributed by atoms with Gasteiger partial charge in [-0.25, -0.2) is 0 Å². The van der Waals surface area contributed by atoms with E-state index in [2.05, 4.69) is 0 Å². The molecule has 0 bridgehead atoms. The third kappa shape index (κ3) is 4.42. The van der Waals surface area contributed by atoms with Crippen LogP contribution in [0.15, 0.2) is 30.3 Å². The van der Waals surface area contributed by atoms with Gasteiger partial charge in [-0.2, -0.15) is 0 Å². The van der Waals surface area contributed by atoms with E-state index in [1.165, 1.54) is 0 Å². The summed E-state index contributed by atoms with van der Waals surface area (Å²) in [6.45, 7) is 3.29. The van der Waals surface area contributed by atoms with Gasteiger partial charge in [0.25, 0.3) is 0 Å². The Kier molecular flexibility index (Phi) is 6.47. The van der Waals surface area contributed by atoms with Crippen LogP contribution in [-0.2, 0) is 0 Å². The molecule has 0 aliphatic rings. The first-order chi connectivity index (χ1) is 10.3. The molecule has 0 fully saturated rings. The van der Waals surface area contributed by atoms with Crippen LogP contribution in [0.3, 0.4) is 0 Å². The summed E-state index contributed by atoms with van der Waals surface area (Å²) in [6.07, 6.45) is 3.09. The number of ether oxygens (including phenoxy) is 2. The zero-order valence-corrected chi connectivity index (χ0v) is 13.7. The summed E-state index contributed by atoms with van der Waals surface area (Å²) < 4.78 is 11.3. The number of halogens is 2. The van der Waals surface area contributed by atoms with Gasteiger partial charge in [0, 0.05) is 11.3 Å². The zero-order chi connectivity index (χ0) is 15.1. The Morgan fingerprint density at radius 1 is 1.00 bits per heavy atom. The third-order valence-corrected chi connectivity index (χ3v) is 3.89. The van der Waals surface area contributed by atoms with E-state index in [0.717, 1.165) is 41.5 Å². The highest BCUT2D eigenvalue weighted by Gasteiger charge is 2.07. The summed E-state index contributed by atoms with van der Waals surface area (Å²) in [7, 11) is 0. The molecule has 0 aliphatic heterocycles. The van der Waals surface area contributed by atoms with E-state index in [4.69, 9.17) is 32.7 Å². The van der Waals surface area contributed by atoms with Crippen LogP contribution in [-0.4, -0.2) is 19.1 Å². The van der Waals surface area contributed by atoms with Gasteiger partial charge in [-0.15, -0.1) is 11.6 Å². The first-order valence-corrected chi connectivity index (χ1v) is 8.21. The lowest BCUT2D eigenvalue weighted by Crippen LogP contribution is -1.98. The molecule has 0 amide bonds. The average Bonchev–Trinajstić information content (AvgIpc) is 2.49. The topological polar surface area (TPSA) is 18.5 Å². The molecule has 0 N–H and O–H groups in total. The van der Waals surface area contributed by atoms with Crippen molar-refractivity contribution in [2.75, 3.05) is 19.1 Å². The van der Waals surface area contributed by atoms with Crippen molar-refractivity contribution >= 4 is 34.0 Å². The molecule has 21 heavy (non-hydrogen) atoms. The van der Waals surface area contributed by atoms with Gasteiger partial charge < -0.3 is 9.47 Å². The monoisotopic (exact) mass is 326 g/mol. The summed E-state index contributed by atoms with van der Waals surface area (Å²) >= 11 is 12.1. The molecular weight excluding hydrogens is 307 g/mol. The third-order valence-electron chi connectivity index (χ3n) is 3.24. The van der Waals surface area contributed by atoms with E-state index in [1.807, 2.05) is 37.3 Å². The Labute approximate surface area is 136 Å². The number of alkyl halides is 1. The lowest BCUT2D eigenvalue weighted by Gasteiger charge is -2.11. The van der Waals surface area contributed by atoms with Crippen molar-refractivity contribution in [1.29, 1.82) is 0 Å². The van der Waals surface area contributed by atoms with Crippen molar-refractivity contribution in [1.82, 2.24) is 0 Å². The van der Waals surface area contributed by atoms with E-state index in [-0.39, 0.29) is 0 Å². The van der Waals surface area contributed by atoms with Crippen LogP contribution in [0.2, 0.25) is 5.02 Å². The molecule has 0 saturated heterocycles. The minimum Gasteiger partial charge on any atom is -0.494 e. The van der Waals surface area contributed by atoms with Crippen molar-refractivity contribution in [3.8, 4) is 11.5 Å². The van der Waals surface area contributed by atoms with Gasteiger partial charge in [-0.1, -0.05) is 17.7 Å². The van der Waals surface area contributed by atoms with Gasteiger partial charge in [0.05, 0.1) is 18.2 Å². The van der Waals surface area contributed by atoms with Gasteiger partial charge in [0.2, 0.25) is 0 Å². The van der Waals surface area contributed by atoms with E-state index >= 15 is 0 Å². The fourth-order valence-electron chi connectivity index (χ4n) is 2.17. The van der Waals surface area contributed by atoms with Crippen LogP contribution < -0.4 is 9.47 Å². The molecule has 0 saturated carbocycles. The van der Waals surface area contributed by atoms with Crippen LogP contribution in [0.4, 0.5) is 0 Å². The highest BCUT2D eigenvalue weighted by Crippen LogP contribution is 2.34. The standard InChI is InChI=1S/C17H20Cl2O2/c1-2-20-14-7-8-15-13(12-14)6-9-16(17(15)19)21-11-5-3-4-10-18/h6-9,12H,2-5,10-11H2,1H3. The van der Waals surface area contributed by atoms with Crippen LogP contribution in [0.5, 0.6) is 11.5 Å². The number of benzene rings is 2. The summed E-state index contributed by atoms with van der Waals surface area (Å²) in [5.74, 6) is 2.30. The number of fused-ring (bicyclic) bond motifs is 1.